The predicted molar refractivity (Wildman–Crippen MR) is 221 cm³/mol. The van der Waals surface area contributed by atoms with E-state index in [4.69, 9.17) is 5.73 Å². The van der Waals surface area contributed by atoms with Crippen molar-refractivity contribution in [2.24, 2.45) is 11.3 Å². The van der Waals surface area contributed by atoms with E-state index in [-0.39, 0.29) is 55.4 Å². The van der Waals surface area contributed by atoms with Gasteiger partial charge in [-0.3, -0.25) is 14.5 Å². The molecule has 2 aliphatic rings. The third-order valence-corrected chi connectivity index (χ3v) is 11.6. The molecule has 12 nitrogen and oxygen atoms in total. The first-order valence-electron chi connectivity index (χ1n) is 18.5. The molecule has 0 aliphatic carbocycles. The van der Waals surface area contributed by atoms with E-state index in [9.17, 15) is 19.8 Å². The summed E-state index contributed by atoms with van der Waals surface area (Å²) in [5.74, 6) is -0.279. The number of amides is 1. The van der Waals surface area contributed by atoms with Crippen molar-refractivity contribution in [3.63, 3.8) is 0 Å². The molecule has 0 spiro atoms. The number of ketones is 1. The van der Waals surface area contributed by atoms with Crippen LogP contribution < -0.4 is 16.0 Å². The number of nitrogens with zero attached hydrogens (tertiary/aromatic N) is 6. The number of aromatic nitrogens is 3. The monoisotopic (exact) mass is 788 g/mol. The van der Waals surface area contributed by atoms with Gasteiger partial charge in [0.1, 0.15) is 11.5 Å². The van der Waals surface area contributed by atoms with Crippen molar-refractivity contribution in [2.45, 2.75) is 65.6 Å². The Labute approximate surface area is 333 Å². The number of aryl methyl sites for hydroxylation is 1. The lowest BCUT2D eigenvalue weighted by atomic mass is 9.76. The molecule has 0 bridgehead atoms. The van der Waals surface area contributed by atoms with Gasteiger partial charge in [0.25, 0.3) is 0 Å². The molecule has 4 atom stereocenters. The number of nitrogens with two attached hydrogens (primary N) is 1. The number of β-amino-alcohol motifs (C(OH)–C–C–N with tert-alkyl or cyclic N) is 1. The number of piperazine rings is 1. The minimum Gasteiger partial charge on any atom is -0.507 e. The van der Waals surface area contributed by atoms with Crippen LogP contribution in [-0.4, -0.2) is 98.3 Å². The summed E-state index contributed by atoms with van der Waals surface area (Å²) in [6.07, 6.45) is -0.190. The number of carbonyl (C=O) groups is 2. The number of likely N-dealkylation sites (tertiary alicyclic amines) is 1. The van der Waals surface area contributed by atoms with Gasteiger partial charge in [0.15, 0.2) is 5.82 Å². The number of aromatic hydroxyl groups is 1. The average molecular weight is 789 g/mol. The Bertz CT molecular complexity index is 1980. The van der Waals surface area contributed by atoms with Gasteiger partial charge in [-0.1, -0.05) is 63.7 Å². The van der Waals surface area contributed by atoms with Crippen molar-refractivity contribution in [1.82, 2.24) is 30.3 Å². The average Bonchev–Trinajstić information content (AvgIpc) is 3.76. The summed E-state index contributed by atoms with van der Waals surface area (Å²) in [5.41, 5.74) is 13.3. The number of Topliss-reactive ketones (excluding diaryl/α,β-unsaturated/α-hetero) is 1. The molecule has 14 heteroatoms. The lowest BCUT2D eigenvalue weighted by molar-refractivity contribution is -0.142. The van der Waals surface area contributed by atoms with Gasteiger partial charge in [-0.05, 0) is 48.6 Å². The number of nitrogens with one attached hydrogen (secondary N) is 1. The highest BCUT2D eigenvalue weighted by Gasteiger charge is 2.43. The first-order valence-corrected chi connectivity index (χ1v) is 19.4. The Hall–Kier alpha value is -4.56. The lowest BCUT2D eigenvalue weighted by Gasteiger charge is -2.38. The number of thiazole rings is 1. The van der Waals surface area contributed by atoms with Crippen LogP contribution in [0.15, 0.2) is 72.4 Å². The highest BCUT2D eigenvalue weighted by Crippen LogP contribution is 2.36. The van der Waals surface area contributed by atoms with E-state index in [0.717, 1.165) is 27.4 Å². The quantitative estimate of drug-likeness (QED) is 0.136. The summed E-state index contributed by atoms with van der Waals surface area (Å²) in [6.45, 7) is 17.3. The number of hydrogen-bond acceptors (Lipinski definition) is 12. The van der Waals surface area contributed by atoms with Gasteiger partial charge in [-0.15, -0.1) is 33.9 Å². The molecule has 5 N–H and O–H groups in total. The zero-order chi connectivity index (χ0) is 38.7. The van der Waals surface area contributed by atoms with Gasteiger partial charge in [-0.2, -0.15) is 0 Å². The highest BCUT2D eigenvalue weighted by atomic mass is 35.5. The largest absolute Gasteiger partial charge is 0.507 e. The Morgan fingerprint density at radius 2 is 1.76 bits per heavy atom. The summed E-state index contributed by atoms with van der Waals surface area (Å²) in [5, 5.41) is 32.9. The van der Waals surface area contributed by atoms with E-state index in [1.165, 1.54) is 0 Å². The Balaban J connectivity index is 0.00000580. The fraction of sp³-hybridized carbons (Fsp3) is 0.439. The summed E-state index contributed by atoms with van der Waals surface area (Å²) in [7, 11) is 0. The van der Waals surface area contributed by atoms with Gasteiger partial charge in [0.2, 0.25) is 5.91 Å². The number of aliphatic hydroxyl groups excluding tert-OH is 1. The van der Waals surface area contributed by atoms with Crippen LogP contribution in [0.25, 0.3) is 21.7 Å². The standard InChI is InChI=1S/C41H52N8O4S.ClH/c1-25(28-11-13-29(14-12-28)38-27(3)43-24-54-38)44-26(2)35-20-31(51)23-49(35)40(53)33(41(4,5)6)19-30(50)22-47-15-17-48(18-16-47)36-21-34(45-46-39(36)42)32-9-7-8-10-37(32)52;/h7-14,21,24-25,31,33,35,44,51-52H,2,15-20,22-23H2,1,3-6H3,(H2,42,46);1H/t25-,31+,33+,35-;/m1./s1. The smallest absolute Gasteiger partial charge is 0.227 e. The highest BCUT2D eigenvalue weighted by molar-refractivity contribution is 7.13. The van der Waals surface area contributed by atoms with E-state index in [1.54, 1.807) is 34.4 Å². The first-order chi connectivity index (χ1) is 25.7. The second kappa shape index (κ2) is 17.5. The van der Waals surface area contributed by atoms with Gasteiger partial charge >= 0.3 is 0 Å². The number of hydrogen-bond donors (Lipinski definition) is 4. The lowest BCUT2D eigenvalue weighted by Crippen LogP contribution is -2.49. The van der Waals surface area contributed by atoms with Crippen LogP contribution in [0.3, 0.4) is 0 Å². The number of carbonyl (C=O) groups excluding carboxylic acids is 2. The molecule has 2 aliphatic heterocycles. The Kier molecular flexibility index (Phi) is 13.2. The van der Waals surface area contributed by atoms with E-state index in [2.05, 4.69) is 68.1 Å². The normalized spacial score (nSPS) is 18.7. The maximum Gasteiger partial charge on any atom is 0.227 e. The molecular formula is C41H53ClN8O4S. The van der Waals surface area contributed by atoms with Crippen LogP contribution in [0.1, 0.15) is 57.8 Å². The number of aliphatic hydroxyl groups is 1. The molecule has 2 aromatic carbocycles. The topological polar surface area (TPSA) is 161 Å². The summed E-state index contributed by atoms with van der Waals surface area (Å²) in [6, 6.07) is 16.7. The molecule has 2 fully saturated rings. The number of halogens is 1. The molecule has 4 heterocycles. The predicted octanol–water partition coefficient (Wildman–Crippen LogP) is 5.85. The second-order valence-corrected chi connectivity index (χ2v) is 16.5. The van der Waals surface area contributed by atoms with E-state index < -0.39 is 23.5 Å². The molecule has 2 saturated heterocycles. The molecule has 6 rings (SSSR count). The number of para-hydroxylation sites is 1. The number of phenols is 1. The minimum atomic E-state index is -0.679. The van der Waals surface area contributed by atoms with Crippen LogP contribution in [0.5, 0.6) is 5.75 Å². The molecule has 2 aromatic heterocycles. The molecule has 4 aromatic rings. The fourth-order valence-electron chi connectivity index (χ4n) is 7.47. The minimum absolute atomic E-state index is 0. The maximum atomic E-state index is 14.3. The fourth-order valence-corrected chi connectivity index (χ4v) is 8.28. The van der Waals surface area contributed by atoms with Gasteiger partial charge in [0.05, 0.1) is 46.2 Å². The summed E-state index contributed by atoms with van der Waals surface area (Å²) < 4.78 is 0. The Morgan fingerprint density at radius 1 is 1.07 bits per heavy atom. The number of nitrogen functional groups attached to an aromatic ring is 1. The number of anilines is 2. The van der Waals surface area contributed by atoms with Crippen molar-refractivity contribution in [2.75, 3.05) is 49.9 Å². The third kappa shape index (κ3) is 9.64. The number of benzene rings is 2. The summed E-state index contributed by atoms with van der Waals surface area (Å²) in [4.78, 5) is 39.5. The van der Waals surface area contributed by atoms with Crippen molar-refractivity contribution in [1.29, 1.82) is 0 Å². The molecule has 0 saturated carbocycles. The van der Waals surface area contributed by atoms with E-state index in [1.807, 2.05) is 45.3 Å². The van der Waals surface area contributed by atoms with Crippen molar-refractivity contribution >= 4 is 46.9 Å². The zero-order valence-corrected chi connectivity index (χ0v) is 33.9. The molecule has 0 radical (unpaired) electrons. The molecular weight excluding hydrogens is 736 g/mol. The molecule has 55 heavy (non-hydrogen) atoms. The summed E-state index contributed by atoms with van der Waals surface area (Å²) >= 11 is 1.62. The van der Waals surface area contributed by atoms with Crippen LogP contribution in [0.2, 0.25) is 0 Å². The van der Waals surface area contributed by atoms with E-state index >= 15 is 0 Å². The first kappa shape index (κ1) is 41.6. The van der Waals surface area contributed by atoms with Crippen LogP contribution >= 0.6 is 23.7 Å². The van der Waals surface area contributed by atoms with Crippen molar-refractivity contribution < 1.29 is 19.8 Å². The maximum absolute atomic E-state index is 14.3. The zero-order valence-electron chi connectivity index (χ0n) is 32.2. The Morgan fingerprint density at radius 3 is 2.40 bits per heavy atom. The van der Waals surface area contributed by atoms with Crippen molar-refractivity contribution in [3.8, 4) is 27.4 Å². The number of phenolic OH excluding ortho intramolecular Hbond substituents is 1. The number of rotatable bonds is 12. The van der Waals surface area contributed by atoms with E-state index in [0.29, 0.717) is 55.4 Å². The SMILES string of the molecule is C=C(N[C@H](C)c1ccc(-c2scnc2C)cc1)[C@H]1C[C@H](O)CN1C(=O)[C@H](CC(=O)CN1CCN(c2cc(-c3ccccc3O)nnc2N)CC1)C(C)(C)C.Cl. The van der Waals surface area contributed by atoms with Gasteiger partial charge in [-0.25, -0.2) is 4.98 Å². The van der Waals surface area contributed by atoms with Gasteiger partial charge in [0, 0.05) is 68.8 Å². The molecule has 1 amide bonds. The van der Waals surface area contributed by atoms with Crippen molar-refractivity contribution in [3.05, 3.63) is 83.6 Å². The molecule has 294 valence electrons. The van der Waals surface area contributed by atoms with Crippen LogP contribution in [0, 0.1) is 18.3 Å². The van der Waals surface area contributed by atoms with Crippen LogP contribution in [0.4, 0.5) is 11.5 Å². The molecule has 0 unspecified atom stereocenters. The second-order valence-electron chi connectivity index (χ2n) is 15.6. The third-order valence-electron chi connectivity index (χ3n) is 10.7. The van der Waals surface area contributed by atoms with Gasteiger partial charge < -0.3 is 31.1 Å². The van der Waals surface area contributed by atoms with Crippen LogP contribution in [-0.2, 0) is 9.59 Å².